The molecule has 0 aromatic heterocycles. The zero-order valence-corrected chi connectivity index (χ0v) is 14.2. The summed E-state index contributed by atoms with van der Waals surface area (Å²) in [5.41, 5.74) is 2.71. The van der Waals surface area contributed by atoms with Crippen LogP contribution in [0.2, 0.25) is 10.0 Å². The second-order valence-corrected chi connectivity index (χ2v) is 6.97. The lowest BCUT2D eigenvalue weighted by molar-refractivity contribution is 0.177. The van der Waals surface area contributed by atoms with E-state index in [0.717, 1.165) is 25.6 Å². The van der Waals surface area contributed by atoms with E-state index in [2.05, 4.69) is 41.3 Å². The van der Waals surface area contributed by atoms with Crippen LogP contribution in [0.4, 0.5) is 0 Å². The van der Waals surface area contributed by atoms with Gasteiger partial charge in [0.1, 0.15) is 0 Å². The third-order valence-corrected chi connectivity index (χ3v) is 5.20. The first-order valence-corrected chi connectivity index (χ1v) is 8.66. The highest BCUT2D eigenvalue weighted by Gasteiger charge is 2.19. The van der Waals surface area contributed by atoms with Crippen LogP contribution in [0.15, 0.2) is 48.5 Å². The van der Waals surface area contributed by atoms with Crippen LogP contribution in [0.25, 0.3) is 0 Å². The van der Waals surface area contributed by atoms with Gasteiger partial charge < -0.3 is 0 Å². The molecule has 3 rings (SSSR count). The summed E-state index contributed by atoms with van der Waals surface area (Å²) in [5, 5.41) is 1.28. The molecule has 1 aliphatic rings. The third-order valence-electron chi connectivity index (χ3n) is 4.46. The molecule has 0 N–H and O–H groups in total. The van der Waals surface area contributed by atoms with Crippen molar-refractivity contribution in [1.82, 2.24) is 4.90 Å². The molecule has 0 saturated carbocycles. The van der Waals surface area contributed by atoms with Crippen LogP contribution in [-0.4, -0.2) is 18.0 Å². The van der Waals surface area contributed by atoms with Gasteiger partial charge in [0.15, 0.2) is 0 Å². The van der Waals surface area contributed by atoms with Gasteiger partial charge in [0.05, 0.1) is 10.0 Å². The van der Waals surface area contributed by atoms with Crippen molar-refractivity contribution in [1.29, 1.82) is 0 Å². The fraction of sp³-hybridized carbons (Fsp3) is 0.368. The Balaban J connectivity index is 1.50. The molecule has 2 aromatic carbocycles. The summed E-state index contributed by atoms with van der Waals surface area (Å²) in [6.07, 6.45) is 3.76. The highest BCUT2D eigenvalue weighted by molar-refractivity contribution is 6.42. The van der Waals surface area contributed by atoms with Crippen LogP contribution in [0.5, 0.6) is 0 Å². The van der Waals surface area contributed by atoms with Gasteiger partial charge in [-0.15, -0.1) is 0 Å². The van der Waals surface area contributed by atoms with Crippen LogP contribution < -0.4 is 0 Å². The Kier molecular flexibility index (Phi) is 5.41. The third kappa shape index (κ3) is 4.25. The van der Waals surface area contributed by atoms with E-state index in [4.69, 9.17) is 23.2 Å². The number of likely N-dealkylation sites (tertiary alicyclic amines) is 1. The number of nitrogens with zero attached hydrogens (tertiary/aromatic N) is 1. The van der Waals surface area contributed by atoms with Crippen molar-refractivity contribution >= 4 is 23.2 Å². The zero-order chi connectivity index (χ0) is 15.4. The molecule has 0 aliphatic carbocycles. The lowest BCUT2D eigenvalue weighted by atomic mass is 9.90. The quantitative estimate of drug-likeness (QED) is 0.719. The van der Waals surface area contributed by atoms with Crippen molar-refractivity contribution in [2.75, 3.05) is 13.1 Å². The topological polar surface area (TPSA) is 3.24 Å². The molecule has 0 unspecified atom stereocenters. The SMILES string of the molecule is Clc1ccc(CN2CCC(Cc3ccccc3)CC2)cc1Cl. The van der Waals surface area contributed by atoms with E-state index in [1.807, 2.05) is 12.1 Å². The Labute approximate surface area is 142 Å². The van der Waals surface area contributed by atoms with Gasteiger partial charge in [-0.1, -0.05) is 59.6 Å². The number of halogens is 2. The van der Waals surface area contributed by atoms with Gasteiger partial charge in [-0.25, -0.2) is 0 Å². The van der Waals surface area contributed by atoms with Crippen LogP contribution in [0.3, 0.4) is 0 Å². The van der Waals surface area contributed by atoms with Gasteiger partial charge in [0.2, 0.25) is 0 Å². The number of benzene rings is 2. The maximum absolute atomic E-state index is 6.09. The first-order chi connectivity index (χ1) is 10.7. The largest absolute Gasteiger partial charge is 0.299 e. The van der Waals surface area contributed by atoms with E-state index < -0.39 is 0 Å². The molecule has 1 saturated heterocycles. The van der Waals surface area contributed by atoms with Gasteiger partial charge in [0.25, 0.3) is 0 Å². The lowest BCUT2D eigenvalue weighted by Crippen LogP contribution is -2.33. The summed E-state index contributed by atoms with van der Waals surface area (Å²) >= 11 is 12.1. The fourth-order valence-electron chi connectivity index (χ4n) is 3.19. The summed E-state index contributed by atoms with van der Waals surface area (Å²) in [6, 6.07) is 16.8. The van der Waals surface area contributed by atoms with Crippen molar-refractivity contribution in [3.8, 4) is 0 Å². The Morgan fingerprint density at radius 2 is 1.59 bits per heavy atom. The van der Waals surface area contributed by atoms with Gasteiger partial charge >= 0.3 is 0 Å². The monoisotopic (exact) mass is 333 g/mol. The maximum atomic E-state index is 6.09. The van der Waals surface area contributed by atoms with E-state index in [1.165, 1.54) is 30.4 Å². The molecule has 1 aliphatic heterocycles. The highest BCUT2D eigenvalue weighted by Crippen LogP contribution is 2.26. The van der Waals surface area contributed by atoms with Crippen molar-refractivity contribution in [3.05, 3.63) is 69.7 Å². The molecule has 116 valence electrons. The molecule has 0 bridgehead atoms. The van der Waals surface area contributed by atoms with Crippen LogP contribution in [0, 0.1) is 5.92 Å². The zero-order valence-electron chi connectivity index (χ0n) is 12.6. The predicted molar refractivity (Wildman–Crippen MR) is 94.6 cm³/mol. The summed E-state index contributed by atoms with van der Waals surface area (Å²) in [6.45, 7) is 3.30. The summed E-state index contributed by atoms with van der Waals surface area (Å²) in [7, 11) is 0. The number of hydrogen-bond donors (Lipinski definition) is 0. The molecule has 0 atom stereocenters. The minimum Gasteiger partial charge on any atom is -0.299 e. The standard InChI is InChI=1S/C19H21Cl2N/c20-18-7-6-17(13-19(18)21)14-22-10-8-16(9-11-22)12-15-4-2-1-3-5-15/h1-7,13,16H,8-12,14H2. The van der Waals surface area contributed by atoms with Crippen molar-refractivity contribution in [2.45, 2.75) is 25.8 Å². The van der Waals surface area contributed by atoms with E-state index in [1.54, 1.807) is 0 Å². The second-order valence-electron chi connectivity index (χ2n) is 6.16. The average Bonchev–Trinajstić information content (AvgIpc) is 2.54. The average molecular weight is 334 g/mol. The van der Waals surface area contributed by atoms with Gasteiger partial charge in [-0.05, 0) is 61.5 Å². The fourth-order valence-corrected chi connectivity index (χ4v) is 3.51. The molecule has 2 aromatic rings. The van der Waals surface area contributed by atoms with Crippen molar-refractivity contribution < 1.29 is 0 Å². The Morgan fingerprint density at radius 3 is 2.27 bits per heavy atom. The predicted octanol–water partition coefficient (Wildman–Crippen LogP) is 5.45. The first-order valence-electron chi connectivity index (χ1n) is 7.91. The van der Waals surface area contributed by atoms with Crippen molar-refractivity contribution in [3.63, 3.8) is 0 Å². The summed E-state index contributed by atoms with van der Waals surface area (Å²) < 4.78 is 0. The molecule has 1 heterocycles. The number of piperidine rings is 1. The smallest absolute Gasteiger partial charge is 0.0595 e. The normalized spacial score (nSPS) is 16.8. The highest BCUT2D eigenvalue weighted by atomic mass is 35.5. The molecule has 3 heteroatoms. The Bertz CT molecular complexity index is 604. The molecule has 0 radical (unpaired) electrons. The minimum absolute atomic E-state index is 0.631. The van der Waals surface area contributed by atoms with Crippen molar-refractivity contribution in [2.24, 2.45) is 5.92 Å². The van der Waals surface area contributed by atoms with Crippen LogP contribution >= 0.6 is 23.2 Å². The molecule has 0 amide bonds. The molecule has 22 heavy (non-hydrogen) atoms. The lowest BCUT2D eigenvalue weighted by Gasteiger charge is -2.32. The van der Waals surface area contributed by atoms with Gasteiger partial charge in [-0.3, -0.25) is 4.90 Å². The molecule has 1 fully saturated rings. The summed E-state index contributed by atoms with van der Waals surface area (Å²) in [4.78, 5) is 2.51. The Morgan fingerprint density at radius 1 is 0.864 bits per heavy atom. The summed E-state index contributed by atoms with van der Waals surface area (Å²) in [5.74, 6) is 0.812. The maximum Gasteiger partial charge on any atom is 0.0595 e. The molecular formula is C19H21Cl2N. The van der Waals surface area contributed by atoms with Crippen LogP contribution in [-0.2, 0) is 13.0 Å². The Hall–Kier alpha value is -1.02. The second kappa shape index (κ2) is 7.50. The van der Waals surface area contributed by atoms with Crippen LogP contribution in [0.1, 0.15) is 24.0 Å². The van der Waals surface area contributed by atoms with E-state index in [-0.39, 0.29) is 0 Å². The van der Waals surface area contributed by atoms with E-state index in [0.29, 0.717) is 10.0 Å². The first kappa shape index (κ1) is 15.9. The molecule has 0 spiro atoms. The number of hydrogen-bond acceptors (Lipinski definition) is 1. The molecular weight excluding hydrogens is 313 g/mol. The van der Waals surface area contributed by atoms with Gasteiger partial charge in [-0.2, -0.15) is 0 Å². The van der Waals surface area contributed by atoms with E-state index in [9.17, 15) is 0 Å². The number of rotatable bonds is 4. The van der Waals surface area contributed by atoms with Gasteiger partial charge in [0, 0.05) is 6.54 Å². The minimum atomic E-state index is 0.631. The van der Waals surface area contributed by atoms with E-state index >= 15 is 0 Å². The molecule has 1 nitrogen and oxygen atoms in total.